The largest absolute Gasteiger partial charge is 0.471 e. The first-order valence-electron chi connectivity index (χ1n) is 13.4. The zero-order chi connectivity index (χ0) is 26.7. The van der Waals surface area contributed by atoms with Crippen molar-refractivity contribution in [2.45, 2.75) is 12.3 Å². The molecule has 6 aromatic rings. The van der Waals surface area contributed by atoms with Crippen LogP contribution in [0.3, 0.4) is 0 Å². The zero-order valence-electron chi connectivity index (χ0n) is 21.7. The van der Waals surface area contributed by atoms with E-state index in [-0.39, 0.29) is 12.3 Å². The molecule has 0 aliphatic carbocycles. The van der Waals surface area contributed by atoms with Gasteiger partial charge in [0.05, 0.1) is 6.04 Å². The Bertz CT molecular complexity index is 1770. The van der Waals surface area contributed by atoms with Gasteiger partial charge in [-0.05, 0) is 70.9 Å². The second-order valence-electron chi connectivity index (χ2n) is 9.77. The second kappa shape index (κ2) is 10.6. The molecule has 1 heterocycles. The second-order valence-corrected chi connectivity index (χ2v) is 9.77. The zero-order valence-corrected chi connectivity index (χ0v) is 21.7. The Labute approximate surface area is 233 Å². The summed E-state index contributed by atoms with van der Waals surface area (Å²) in [4.78, 5) is 0. The molecule has 0 radical (unpaired) electrons. The fraction of sp³-hybridized carbons (Fsp3) is 0.0556. The Morgan fingerprint density at radius 2 is 1.07 bits per heavy atom. The van der Waals surface area contributed by atoms with Gasteiger partial charge in [0.25, 0.3) is 0 Å². The number of benzene rings is 6. The molecular weight excluding hydrogens is 494 g/mol. The first-order valence-corrected chi connectivity index (χ1v) is 13.4. The molecule has 2 atom stereocenters. The third-order valence-electron chi connectivity index (χ3n) is 7.09. The lowest BCUT2D eigenvalue weighted by molar-refractivity contribution is 0.133. The van der Waals surface area contributed by atoms with Crippen molar-refractivity contribution in [1.82, 2.24) is 5.32 Å². The summed E-state index contributed by atoms with van der Waals surface area (Å²) in [5.74, 6) is 4.00. The van der Waals surface area contributed by atoms with Crippen LogP contribution in [0, 0.1) is 0 Å². The van der Waals surface area contributed by atoms with Crippen LogP contribution in [-0.2, 0) is 0 Å². The molecule has 0 saturated carbocycles. The highest BCUT2D eigenvalue weighted by molar-refractivity contribution is 5.89. The molecule has 4 heteroatoms. The molecule has 194 valence electrons. The highest BCUT2D eigenvalue weighted by Gasteiger charge is 2.31. The molecular formula is C36H27NO3. The number of ether oxygens (including phenoxy) is 3. The van der Waals surface area contributed by atoms with Crippen molar-refractivity contribution in [2.24, 2.45) is 0 Å². The molecule has 0 amide bonds. The van der Waals surface area contributed by atoms with Gasteiger partial charge >= 0.3 is 0 Å². The fourth-order valence-corrected chi connectivity index (χ4v) is 5.25. The number of hydrogen-bond donors (Lipinski definition) is 1. The molecule has 0 aromatic heterocycles. The van der Waals surface area contributed by atoms with Crippen LogP contribution in [0.15, 0.2) is 146 Å². The van der Waals surface area contributed by atoms with E-state index in [4.69, 9.17) is 14.2 Å². The van der Waals surface area contributed by atoms with Gasteiger partial charge in [-0.1, -0.05) is 91.0 Å². The van der Waals surface area contributed by atoms with E-state index in [0.717, 1.165) is 50.8 Å². The van der Waals surface area contributed by atoms with Crippen LogP contribution >= 0.6 is 0 Å². The minimum absolute atomic E-state index is 0.127. The van der Waals surface area contributed by atoms with Crippen LogP contribution in [0.4, 0.5) is 0 Å². The van der Waals surface area contributed by atoms with Gasteiger partial charge in [-0.3, -0.25) is 5.32 Å². The smallest absolute Gasteiger partial charge is 0.177 e. The normalized spacial score (nSPS) is 16.1. The van der Waals surface area contributed by atoms with E-state index in [1.807, 2.05) is 91.0 Å². The average Bonchev–Trinajstić information content (AvgIpc) is 3.02. The van der Waals surface area contributed by atoms with E-state index in [1.54, 1.807) is 0 Å². The average molecular weight is 522 g/mol. The molecule has 0 saturated heterocycles. The Hall–Kier alpha value is -5.06. The van der Waals surface area contributed by atoms with E-state index in [0.29, 0.717) is 0 Å². The Kier molecular flexibility index (Phi) is 6.36. The van der Waals surface area contributed by atoms with Gasteiger partial charge in [0.2, 0.25) is 0 Å². The summed E-state index contributed by atoms with van der Waals surface area (Å²) >= 11 is 0. The van der Waals surface area contributed by atoms with Crippen molar-refractivity contribution in [3.05, 3.63) is 162 Å². The van der Waals surface area contributed by atoms with Crippen LogP contribution in [0.25, 0.3) is 10.8 Å². The molecule has 1 N–H and O–H groups in total. The van der Waals surface area contributed by atoms with Gasteiger partial charge in [0.15, 0.2) is 6.23 Å². The van der Waals surface area contributed by atoms with E-state index in [2.05, 4.69) is 59.9 Å². The highest BCUT2D eigenvalue weighted by Crippen LogP contribution is 2.43. The standard InChI is InChI=1S/C36H27NO3/c1-3-14-28(15-4-1)38-30-18-9-12-26(23-30)35-34-32-20-8-7-11-25(32)21-22-33(34)40-36(37-35)27-13-10-19-31(24-27)39-29-16-5-2-6-17-29/h1-24,35-37H. The fourth-order valence-electron chi connectivity index (χ4n) is 5.25. The third-order valence-corrected chi connectivity index (χ3v) is 7.09. The van der Waals surface area contributed by atoms with Crippen molar-refractivity contribution in [3.63, 3.8) is 0 Å². The maximum absolute atomic E-state index is 6.61. The van der Waals surface area contributed by atoms with E-state index >= 15 is 0 Å². The van der Waals surface area contributed by atoms with Crippen molar-refractivity contribution in [1.29, 1.82) is 0 Å². The van der Waals surface area contributed by atoms with Crippen LogP contribution < -0.4 is 19.5 Å². The van der Waals surface area contributed by atoms with Crippen LogP contribution in [0.5, 0.6) is 28.7 Å². The number of rotatable bonds is 6. The molecule has 0 bridgehead atoms. The van der Waals surface area contributed by atoms with Crippen LogP contribution in [-0.4, -0.2) is 0 Å². The summed E-state index contributed by atoms with van der Waals surface area (Å²) in [7, 11) is 0. The topological polar surface area (TPSA) is 39.7 Å². The van der Waals surface area contributed by atoms with E-state index in [1.165, 1.54) is 5.39 Å². The lowest BCUT2D eigenvalue weighted by atomic mass is 9.91. The minimum Gasteiger partial charge on any atom is -0.471 e. The van der Waals surface area contributed by atoms with Crippen molar-refractivity contribution in [2.75, 3.05) is 0 Å². The molecule has 1 aliphatic heterocycles. The van der Waals surface area contributed by atoms with E-state index < -0.39 is 0 Å². The van der Waals surface area contributed by atoms with Crippen molar-refractivity contribution in [3.8, 4) is 28.7 Å². The highest BCUT2D eigenvalue weighted by atomic mass is 16.5. The lowest BCUT2D eigenvalue weighted by Gasteiger charge is -2.35. The Balaban J connectivity index is 1.27. The van der Waals surface area contributed by atoms with Gasteiger partial charge in [0, 0.05) is 11.1 Å². The first-order chi connectivity index (χ1) is 19.8. The number of fused-ring (bicyclic) bond motifs is 3. The van der Waals surface area contributed by atoms with Gasteiger partial charge in [-0.25, -0.2) is 0 Å². The number of hydrogen-bond acceptors (Lipinski definition) is 4. The summed E-state index contributed by atoms with van der Waals surface area (Å²) < 4.78 is 18.9. The molecule has 1 aliphatic rings. The minimum atomic E-state index is -0.378. The monoisotopic (exact) mass is 521 g/mol. The van der Waals surface area contributed by atoms with Crippen molar-refractivity contribution >= 4 is 10.8 Å². The maximum atomic E-state index is 6.61. The summed E-state index contributed by atoms with van der Waals surface area (Å²) in [6.45, 7) is 0. The molecule has 6 aromatic carbocycles. The SMILES string of the molecule is c1ccc(Oc2cccc(C3NC(c4cccc(Oc5ccccc5)c4)c4c(ccc5ccccc45)O3)c2)cc1. The van der Waals surface area contributed by atoms with Gasteiger partial charge in [-0.15, -0.1) is 0 Å². The molecule has 0 fully saturated rings. The molecule has 40 heavy (non-hydrogen) atoms. The van der Waals surface area contributed by atoms with Gasteiger partial charge in [0.1, 0.15) is 28.7 Å². The van der Waals surface area contributed by atoms with Gasteiger partial charge < -0.3 is 14.2 Å². The first kappa shape index (κ1) is 24.0. The van der Waals surface area contributed by atoms with E-state index in [9.17, 15) is 0 Å². The van der Waals surface area contributed by atoms with Crippen molar-refractivity contribution < 1.29 is 14.2 Å². The summed E-state index contributed by atoms with van der Waals surface area (Å²) in [5.41, 5.74) is 3.19. The quantitative estimate of drug-likeness (QED) is 0.237. The van der Waals surface area contributed by atoms with Crippen LogP contribution in [0.2, 0.25) is 0 Å². The number of para-hydroxylation sites is 2. The molecule has 4 nitrogen and oxygen atoms in total. The Morgan fingerprint density at radius 3 is 1.77 bits per heavy atom. The predicted molar refractivity (Wildman–Crippen MR) is 158 cm³/mol. The number of nitrogens with one attached hydrogen (secondary N) is 1. The van der Waals surface area contributed by atoms with Gasteiger partial charge in [-0.2, -0.15) is 0 Å². The predicted octanol–water partition coefficient (Wildman–Crippen LogP) is 9.19. The molecule has 7 rings (SSSR count). The summed E-state index contributed by atoms with van der Waals surface area (Å²) in [6, 6.07) is 48.5. The molecule has 0 spiro atoms. The maximum Gasteiger partial charge on any atom is 0.177 e. The van der Waals surface area contributed by atoms with Crippen LogP contribution in [0.1, 0.15) is 29.0 Å². The lowest BCUT2D eigenvalue weighted by Crippen LogP contribution is -2.35. The Morgan fingerprint density at radius 1 is 0.500 bits per heavy atom. The summed E-state index contributed by atoms with van der Waals surface area (Å²) in [6.07, 6.45) is -0.378. The third kappa shape index (κ3) is 4.89. The molecule has 2 unspecified atom stereocenters. The summed E-state index contributed by atoms with van der Waals surface area (Å²) in [5, 5.41) is 6.11.